The summed E-state index contributed by atoms with van der Waals surface area (Å²) in [5.41, 5.74) is 0. The van der Waals surface area contributed by atoms with E-state index in [1.54, 1.807) is 0 Å². The molecular weight excluding hydrogens is 292 g/mol. The van der Waals surface area contributed by atoms with Gasteiger partial charge in [0.1, 0.15) is 6.04 Å². The quantitative estimate of drug-likeness (QED) is 0.481. The molecule has 1 aliphatic heterocycles. The molecule has 0 saturated carbocycles. The molecule has 0 bridgehead atoms. The summed E-state index contributed by atoms with van der Waals surface area (Å²) in [4.78, 5) is 32.6. The molecule has 2 unspecified atom stereocenters. The second-order valence-electron chi connectivity index (χ2n) is 4.47. The summed E-state index contributed by atoms with van der Waals surface area (Å²) in [6.45, 7) is -0.117. The molecular formula is C10H16N2O7S. The van der Waals surface area contributed by atoms with E-state index in [2.05, 4.69) is 5.32 Å². The Balaban J connectivity index is 2.46. The first kappa shape index (κ1) is 16.2. The third kappa shape index (κ3) is 4.68. The molecule has 0 spiro atoms. The highest BCUT2D eigenvalue weighted by Crippen LogP contribution is 2.18. The first-order valence-corrected chi connectivity index (χ1v) is 7.64. The lowest BCUT2D eigenvalue weighted by molar-refractivity contribution is -0.145. The first-order valence-electron chi connectivity index (χ1n) is 5.93. The lowest BCUT2D eigenvalue weighted by Gasteiger charge is -2.15. The van der Waals surface area contributed by atoms with Crippen molar-refractivity contribution in [1.82, 2.24) is 10.6 Å². The minimum atomic E-state index is -3.20. The molecule has 1 fully saturated rings. The van der Waals surface area contributed by atoms with Crippen LogP contribution >= 0.6 is 0 Å². The van der Waals surface area contributed by atoms with Crippen LogP contribution in [-0.2, 0) is 19.4 Å². The zero-order valence-electron chi connectivity index (χ0n) is 10.5. The van der Waals surface area contributed by atoms with Crippen molar-refractivity contribution in [3.63, 3.8) is 0 Å². The van der Waals surface area contributed by atoms with Crippen LogP contribution in [0.4, 0.5) is 4.79 Å². The zero-order valence-corrected chi connectivity index (χ0v) is 11.4. The summed E-state index contributed by atoms with van der Waals surface area (Å²) >= 11 is 0. The molecule has 10 heteroatoms. The van der Waals surface area contributed by atoms with Gasteiger partial charge in [0.05, 0.1) is 17.4 Å². The van der Waals surface area contributed by atoms with E-state index in [0.29, 0.717) is 12.8 Å². The summed E-state index contributed by atoms with van der Waals surface area (Å²) < 4.78 is 23.0. The van der Waals surface area contributed by atoms with Gasteiger partial charge < -0.3 is 20.8 Å². The van der Waals surface area contributed by atoms with Crippen LogP contribution in [-0.4, -0.2) is 60.2 Å². The van der Waals surface area contributed by atoms with Gasteiger partial charge in [-0.15, -0.1) is 0 Å². The second-order valence-corrected chi connectivity index (χ2v) is 6.87. The van der Waals surface area contributed by atoms with Crippen LogP contribution in [0.3, 0.4) is 0 Å². The molecule has 2 atom stereocenters. The third-order valence-electron chi connectivity index (χ3n) is 2.94. The topological polar surface area (TPSA) is 150 Å². The number of carbonyl (C=O) groups is 3. The Morgan fingerprint density at radius 3 is 2.35 bits per heavy atom. The molecule has 1 aliphatic rings. The van der Waals surface area contributed by atoms with Crippen molar-refractivity contribution >= 4 is 27.8 Å². The number of aliphatic carboxylic acids is 2. The van der Waals surface area contributed by atoms with E-state index in [4.69, 9.17) is 10.2 Å². The van der Waals surface area contributed by atoms with Gasteiger partial charge >= 0.3 is 18.0 Å². The fourth-order valence-corrected chi connectivity index (χ4v) is 3.64. The maximum atomic E-state index is 11.5. The van der Waals surface area contributed by atoms with Gasteiger partial charge in [-0.25, -0.2) is 18.0 Å². The molecule has 0 aliphatic carbocycles. The molecule has 1 rings (SSSR count). The van der Waals surface area contributed by atoms with Gasteiger partial charge in [0, 0.05) is 6.54 Å². The third-order valence-corrected chi connectivity index (χ3v) is 5.21. The highest BCUT2D eigenvalue weighted by atomic mass is 32.2. The van der Waals surface area contributed by atoms with Crippen LogP contribution in [0.25, 0.3) is 0 Å². The molecule has 0 aromatic heterocycles. The highest BCUT2D eigenvalue weighted by molar-refractivity contribution is 7.92. The highest BCUT2D eigenvalue weighted by Gasteiger charge is 2.31. The zero-order chi connectivity index (χ0) is 15.3. The van der Waals surface area contributed by atoms with Gasteiger partial charge in [-0.1, -0.05) is 0 Å². The monoisotopic (exact) mass is 308 g/mol. The molecule has 20 heavy (non-hydrogen) atoms. The van der Waals surface area contributed by atoms with E-state index in [9.17, 15) is 22.8 Å². The van der Waals surface area contributed by atoms with E-state index in [0.717, 1.165) is 0 Å². The first-order chi connectivity index (χ1) is 9.22. The predicted octanol–water partition coefficient (Wildman–Crippen LogP) is -1.21. The van der Waals surface area contributed by atoms with Crippen molar-refractivity contribution in [3.8, 4) is 0 Å². The summed E-state index contributed by atoms with van der Waals surface area (Å²) in [5, 5.41) is 20.8. The van der Waals surface area contributed by atoms with E-state index in [1.807, 2.05) is 5.32 Å². The minimum absolute atomic E-state index is 0.0811. The molecule has 1 saturated heterocycles. The SMILES string of the molecule is O=C(O)CC(NC(=O)NCC1CCCS1(=O)=O)C(=O)O. The number of hydrogen-bond acceptors (Lipinski definition) is 5. The number of hydrogen-bond donors (Lipinski definition) is 4. The average Bonchev–Trinajstić information content (AvgIpc) is 2.64. The fraction of sp³-hybridized carbons (Fsp3) is 0.700. The molecule has 0 aromatic carbocycles. The molecule has 1 heterocycles. The number of rotatable bonds is 6. The van der Waals surface area contributed by atoms with Gasteiger partial charge in [-0.2, -0.15) is 0 Å². The van der Waals surface area contributed by atoms with E-state index in [1.165, 1.54) is 0 Å². The van der Waals surface area contributed by atoms with Crippen molar-refractivity contribution in [3.05, 3.63) is 0 Å². The second kappa shape index (κ2) is 6.55. The number of sulfone groups is 1. The van der Waals surface area contributed by atoms with Crippen LogP contribution < -0.4 is 10.6 Å². The van der Waals surface area contributed by atoms with Gasteiger partial charge in [0.25, 0.3) is 0 Å². The Morgan fingerprint density at radius 1 is 1.25 bits per heavy atom. The predicted molar refractivity (Wildman–Crippen MR) is 67.0 cm³/mol. The standard InChI is InChI=1S/C10H16N2O7S/c13-8(14)4-7(9(15)16)12-10(17)11-5-6-2-1-3-20(6,18)19/h6-7H,1-5H2,(H,13,14)(H,15,16)(H2,11,12,17). The van der Waals surface area contributed by atoms with Crippen molar-refractivity contribution in [1.29, 1.82) is 0 Å². The Morgan fingerprint density at radius 2 is 1.90 bits per heavy atom. The molecule has 4 N–H and O–H groups in total. The summed E-state index contributed by atoms with van der Waals surface area (Å²) in [7, 11) is -3.20. The van der Waals surface area contributed by atoms with Gasteiger partial charge in [0.15, 0.2) is 9.84 Å². The maximum absolute atomic E-state index is 11.5. The number of urea groups is 1. The molecule has 9 nitrogen and oxygen atoms in total. The van der Waals surface area contributed by atoms with Crippen LogP contribution in [0.2, 0.25) is 0 Å². The van der Waals surface area contributed by atoms with Gasteiger partial charge in [-0.3, -0.25) is 4.79 Å². The Labute approximate surface area is 115 Å². The van der Waals surface area contributed by atoms with Crippen molar-refractivity contribution < 1.29 is 33.0 Å². The van der Waals surface area contributed by atoms with Gasteiger partial charge in [0.2, 0.25) is 0 Å². The fourth-order valence-electron chi connectivity index (χ4n) is 1.88. The van der Waals surface area contributed by atoms with Crippen molar-refractivity contribution in [2.75, 3.05) is 12.3 Å². The average molecular weight is 308 g/mol. The van der Waals surface area contributed by atoms with Crippen molar-refractivity contribution in [2.45, 2.75) is 30.6 Å². The lowest BCUT2D eigenvalue weighted by atomic mass is 10.2. The van der Waals surface area contributed by atoms with Gasteiger partial charge in [-0.05, 0) is 12.8 Å². The normalized spacial score (nSPS) is 21.9. The summed E-state index contributed by atoms with van der Waals surface area (Å²) in [5.74, 6) is -2.76. The van der Waals surface area contributed by atoms with Crippen LogP contribution in [0, 0.1) is 0 Å². The molecule has 0 radical (unpaired) electrons. The van der Waals surface area contributed by atoms with E-state index in [-0.39, 0.29) is 12.3 Å². The number of carboxylic acids is 2. The van der Waals surface area contributed by atoms with Crippen LogP contribution in [0.15, 0.2) is 0 Å². The number of carbonyl (C=O) groups excluding carboxylic acids is 1. The maximum Gasteiger partial charge on any atom is 0.326 e. The summed E-state index contributed by atoms with van der Waals surface area (Å²) in [6.07, 6.45) is 0.220. The molecule has 114 valence electrons. The largest absolute Gasteiger partial charge is 0.481 e. The lowest BCUT2D eigenvalue weighted by Crippen LogP contribution is -2.48. The molecule has 0 aromatic rings. The Kier molecular flexibility index (Phi) is 5.31. The van der Waals surface area contributed by atoms with Crippen LogP contribution in [0.5, 0.6) is 0 Å². The Hall–Kier alpha value is -1.84. The van der Waals surface area contributed by atoms with Crippen LogP contribution in [0.1, 0.15) is 19.3 Å². The number of nitrogens with one attached hydrogen (secondary N) is 2. The Bertz CT molecular complexity index is 502. The summed E-state index contributed by atoms with van der Waals surface area (Å²) in [6, 6.07) is -2.46. The molecule has 2 amide bonds. The van der Waals surface area contributed by atoms with Crippen molar-refractivity contribution in [2.24, 2.45) is 0 Å². The number of carboxylic acid groups (broad SMARTS) is 2. The number of amides is 2. The smallest absolute Gasteiger partial charge is 0.326 e. The van der Waals surface area contributed by atoms with E-state index >= 15 is 0 Å². The minimum Gasteiger partial charge on any atom is -0.481 e. The van der Waals surface area contributed by atoms with E-state index < -0.39 is 45.5 Å².